The van der Waals surface area contributed by atoms with E-state index in [0.717, 1.165) is 18.5 Å². The van der Waals surface area contributed by atoms with Gasteiger partial charge in [-0.15, -0.1) is 0 Å². The Labute approximate surface area is 122 Å². The molecule has 0 aliphatic carbocycles. The molecule has 1 heterocycles. The van der Waals surface area contributed by atoms with Gasteiger partial charge in [-0.2, -0.15) is 0 Å². The summed E-state index contributed by atoms with van der Waals surface area (Å²) in [5, 5.41) is 3.67. The second kappa shape index (κ2) is 7.22. The Balaban J connectivity index is 2.06. The highest BCUT2D eigenvalue weighted by Gasteiger charge is 2.06. The minimum Gasteiger partial charge on any atom is -0.453 e. The van der Waals surface area contributed by atoms with Gasteiger partial charge in [0.1, 0.15) is 5.75 Å². The van der Waals surface area contributed by atoms with Crippen LogP contribution in [0.2, 0.25) is 5.02 Å². The molecule has 2 rings (SSSR count). The zero-order valence-electron chi connectivity index (χ0n) is 11.2. The van der Waals surface area contributed by atoms with Gasteiger partial charge < -0.3 is 10.1 Å². The molecule has 0 amide bonds. The largest absolute Gasteiger partial charge is 0.453 e. The molecule has 5 heteroatoms. The fourth-order valence-electron chi connectivity index (χ4n) is 1.72. The Morgan fingerprint density at radius 3 is 2.85 bits per heavy atom. The van der Waals surface area contributed by atoms with Gasteiger partial charge in [0.2, 0.25) is 0 Å². The van der Waals surface area contributed by atoms with Crippen LogP contribution in [0.3, 0.4) is 0 Å². The first-order chi connectivity index (χ1) is 9.69. The highest BCUT2D eigenvalue weighted by Crippen LogP contribution is 2.26. The summed E-state index contributed by atoms with van der Waals surface area (Å²) in [5.41, 5.74) is 0.882. The third-order valence-corrected chi connectivity index (χ3v) is 2.87. The first-order valence-corrected chi connectivity index (χ1v) is 6.84. The van der Waals surface area contributed by atoms with Gasteiger partial charge in [0.25, 0.3) is 0 Å². The molecule has 0 radical (unpaired) electrons. The molecule has 0 atom stereocenters. The number of rotatable bonds is 6. The van der Waals surface area contributed by atoms with Crippen LogP contribution in [0, 0.1) is 5.82 Å². The maximum absolute atomic E-state index is 13.9. The highest BCUT2D eigenvalue weighted by atomic mass is 35.5. The van der Waals surface area contributed by atoms with E-state index in [2.05, 4.69) is 17.2 Å². The predicted molar refractivity (Wildman–Crippen MR) is 77.7 cm³/mol. The number of nitrogens with zero attached hydrogens (tertiary/aromatic N) is 1. The number of pyridine rings is 1. The molecule has 1 aromatic carbocycles. The lowest BCUT2D eigenvalue weighted by Gasteiger charge is -2.09. The van der Waals surface area contributed by atoms with Gasteiger partial charge in [-0.25, -0.2) is 4.39 Å². The molecule has 106 valence electrons. The summed E-state index contributed by atoms with van der Waals surface area (Å²) >= 11 is 5.80. The maximum atomic E-state index is 13.9. The van der Waals surface area contributed by atoms with Crippen LogP contribution in [-0.4, -0.2) is 11.5 Å². The molecule has 0 spiro atoms. The van der Waals surface area contributed by atoms with Crippen LogP contribution in [-0.2, 0) is 6.54 Å². The van der Waals surface area contributed by atoms with E-state index in [0.29, 0.717) is 17.3 Å². The number of nitrogens with one attached hydrogen (secondary N) is 1. The molecule has 0 saturated heterocycles. The monoisotopic (exact) mass is 294 g/mol. The van der Waals surface area contributed by atoms with E-state index in [1.54, 1.807) is 12.1 Å². The van der Waals surface area contributed by atoms with E-state index >= 15 is 0 Å². The number of ether oxygens (including phenoxy) is 1. The third kappa shape index (κ3) is 4.18. The molecule has 1 N–H and O–H groups in total. The quantitative estimate of drug-likeness (QED) is 0.812. The first kappa shape index (κ1) is 14.8. The van der Waals surface area contributed by atoms with E-state index in [4.69, 9.17) is 16.3 Å². The van der Waals surface area contributed by atoms with Crippen LogP contribution in [0.5, 0.6) is 11.5 Å². The average Bonchev–Trinajstić information content (AvgIpc) is 2.42. The van der Waals surface area contributed by atoms with Crippen molar-refractivity contribution in [2.45, 2.75) is 19.9 Å². The van der Waals surface area contributed by atoms with E-state index in [-0.39, 0.29) is 5.75 Å². The Kier molecular flexibility index (Phi) is 5.32. The van der Waals surface area contributed by atoms with Gasteiger partial charge >= 0.3 is 0 Å². The van der Waals surface area contributed by atoms with Gasteiger partial charge in [-0.3, -0.25) is 4.98 Å². The van der Waals surface area contributed by atoms with Crippen molar-refractivity contribution >= 4 is 11.6 Å². The van der Waals surface area contributed by atoms with Crippen LogP contribution < -0.4 is 10.1 Å². The molecule has 2 aromatic rings. The van der Waals surface area contributed by atoms with Crippen molar-refractivity contribution in [1.82, 2.24) is 10.3 Å². The maximum Gasteiger partial charge on any atom is 0.166 e. The Morgan fingerprint density at radius 2 is 2.15 bits per heavy atom. The number of hydrogen-bond donors (Lipinski definition) is 1. The van der Waals surface area contributed by atoms with Gasteiger partial charge in [-0.05, 0) is 30.7 Å². The van der Waals surface area contributed by atoms with Gasteiger partial charge in [0.15, 0.2) is 11.6 Å². The van der Waals surface area contributed by atoms with E-state index in [1.807, 2.05) is 6.07 Å². The number of aromatic nitrogens is 1. The number of halogens is 2. The molecule has 0 fully saturated rings. The van der Waals surface area contributed by atoms with Gasteiger partial charge in [-0.1, -0.05) is 24.6 Å². The summed E-state index contributed by atoms with van der Waals surface area (Å²) in [6.07, 6.45) is 4.03. The standard InChI is InChI=1S/C15H16ClFN2O/c1-2-5-18-8-11-3-4-15(14(17)6-11)20-13-7-12(16)9-19-10-13/h3-4,6-7,9-10,18H,2,5,8H2,1H3. The molecular formula is C15H16ClFN2O. The third-order valence-electron chi connectivity index (χ3n) is 2.66. The van der Waals surface area contributed by atoms with E-state index < -0.39 is 5.82 Å². The van der Waals surface area contributed by atoms with Gasteiger partial charge in [0, 0.05) is 18.8 Å². The van der Waals surface area contributed by atoms with Crippen LogP contribution in [0.1, 0.15) is 18.9 Å². The molecule has 0 aliphatic rings. The van der Waals surface area contributed by atoms with Crippen molar-refractivity contribution in [1.29, 1.82) is 0 Å². The van der Waals surface area contributed by atoms with Crippen molar-refractivity contribution in [3.8, 4) is 11.5 Å². The number of hydrogen-bond acceptors (Lipinski definition) is 3. The van der Waals surface area contributed by atoms with Crippen molar-refractivity contribution in [3.05, 3.63) is 53.1 Å². The molecule has 0 aliphatic heterocycles. The zero-order valence-corrected chi connectivity index (χ0v) is 12.0. The Bertz CT molecular complexity index is 578. The second-order valence-electron chi connectivity index (χ2n) is 4.38. The SMILES string of the molecule is CCCNCc1ccc(Oc2cncc(Cl)c2)c(F)c1. The lowest BCUT2D eigenvalue weighted by Crippen LogP contribution is -2.13. The van der Waals surface area contributed by atoms with Crippen LogP contribution in [0.15, 0.2) is 36.7 Å². The van der Waals surface area contributed by atoms with Crippen molar-refractivity contribution in [2.24, 2.45) is 0 Å². The molecule has 3 nitrogen and oxygen atoms in total. The molecular weight excluding hydrogens is 279 g/mol. The molecule has 0 bridgehead atoms. The van der Waals surface area contributed by atoms with Crippen LogP contribution in [0.25, 0.3) is 0 Å². The Hall–Kier alpha value is -1.65. The lowest BCUT2D eigenvalue weighted by atomic mass is 10.2. The van der Waals surface area contributed by atoms with Crippen molar-refractivity contribution in [2.75, 3.05) is 6.54 Å². The minimum absolute atomic E-state index is 0.160. The summed E-state index contributed by atoms with van der Waals surface area (Å²) in [4.78, 5) is 3.89. The molecule has 0 unspecified atom stereocenters. The first-order valence-electron chi connectivity index (χ1n) is 6.46. The normalized spacial score (nSPS) is 10.6. The fourth-order valence-corrected chi connectivity index (χ4v) is 1.89. The summed E-state index contributed by atoms with van der Waals surface area (Å²) in [6, 6.07) is 6.50. The lowest BCUT2D eigenvalue weighted by molar-refractivity contribution is 0.439. The minimum atomic E-state index is -0.402. The summed E-state index contributed by atoms with van der Waals surface area (Å²) in [7, 11) is 0. The highest BCUT2D eigenvalue weighted by molar-refractivity contribution is 6.30. The van der Waals surface area contributed by atoms with E-state index in [1.165, 1.54) is 18.5 Å². The van der Waals surface area contributed by atoms with Crippen molar-refractivity contribution < 1.29 is 9.13 Å². The number of benzene rings is 1. The van der Waals surface area contributed by atoms with Gasteiger partial charge in [0.05, 0.1) is 11.2 Å². The summed E-state index contributed by atoms with van der Waals surface area (Å²) in [5.74, 6) is 0.169. The zero-order chi connectivity index (χ0) is 14.4. The van der Waals surface area contributed by atoms with Crippen LogP contribution >= 0.6 is 11.6 Å². The van der Waals surface area contributed by atoms with Crippen molar-refractivity contribution in [3.63, 3.8) is 0 Å². The summed E-state index contributed by atoms with van der Waals surface area (Å²) < 4.78 is 19.4. The second-order valence-corrected chi connectivity index (χ2v) is 4.82. The smallest absolute Gasteiger partial charge is 0.166 e. The Morgan fingerprint density at radius 1 is 1.30 bits per heavy atom. The summed E-state index contributed by atoms with van der Waals surface area (Å²) in [6.45, 7) is 3.64. The molecule has 1 aromatic heterocycles. The topological polar surface area (TPSA) is 34.1 Å². The van der Waals surface area contributed by atoms with E-state index in [9.17, 15) is 4.39 Å². The fraction of sp³-hybridized carbons (Fsp3) is 0.267. The van der Waals surface area contributed by atoms with Crippen LogP contribution in [0.4, 0.5) is 4.39 Å². The molecule has 20 heavy (non-hydrogen) atoms. The average molecular weight is 295 g/mol. The predicted octanol–water partition coefficient (Wildman–Crippen LogP) is 4.17. The molecule has 0 saturated carbocycles.